The molecule has 0 saturated carbocycles. The molecule has 2 nitrogen and oxygen atoms in total. The molecule has 0 heterocycles. The lowest BCUT2D eigenvalue weighted by molar-refractivity contribution is 1.19. The Morgan fingerprint density at radius 1 is 0.333 bits per heavy atom. The molecule has 0 atom stereocenters. The Bertz CT molecular complexity index is 2110. The topological polar surface area (TPSA) is 6.48 Å². The van der Waals surface area contributed by atoms with Crippen LogP contribution in [0.15, 0.2) is 217 Å². The van der Waals surface area contributed by atoms with Gasteiger partial charge in [-0.05, 0) is 83.3 Å². The van der Waals surface area contributed by atoms with Gasteiger partial charge < -0.3 is 9.80 Å². The molecule has 0 spiro atoms. The van der Waals surface area contributed by atoms with Gasteiger partial charge in [-0.15, -0.1) is 0 Å². The summed E-state index contributed by atoms with van der Waals surface area (Å²) in [7, 11) is 0. The summed E-state index contributed by atoms with van der Waals surface area (Å²) >= 11 is 0. The molecule has 0 saturated heterocycles. The largest absolute Gasteiger partial charge is 0.310 e. The molecule has 6 aromatic carbocycles. The van der Waals surface area contributed by atoms with Crippen LogP contribution in [0.3, 0.4) is 0 Å². The third kappa shape index (κ3) is 5.81. The third-order valence-electron chi connectivity index (χ3n) is 9.09. The number of fused-ring (bicyclic) bond motifs is 2. The second-order valence-electron chi connectivity index (χ2n) is 12.1. The van der Waals surface area contributed by atoms with Crippen molar-refractivity contribution < 1.29 is 0 Å². The Hall–Kier alpha value is -6.12. The first-order chi connectivity index (χ1) is 23.8. The Labute approximate surface area is 282 Å². The van der Waals surface area contributed by atoms with Gasteiger partial charge in [0.15, 0.2) is 0 Å². The van der Waals surface area contributed by atoms with Crippen LogP contribution in [0.1, 0.15) is 12.8 Å². The first-order valence-electron chi connectivity index (χ1n) is 16.7. The minimum Gasteiger partial charge on any atom is -0.310 e. The fourth-order valence-corrected chi connectivity index (χ4v) is 6.81. The van der Waals surface area contributed by atoms with E-state index in [1.807, 2.05) is 0 Å². The van der Waals surface area contributed by atoms with Crippen LogP contribution < -0.4 is 9.80 Å². The molecule has 48 heavy (non-hydrogen) atoms. The van der Waals surface area contributed by atoms with Crippen LogP contribution >= 0.6 is 0 Å². The third-order valence-corrected chi connectivity index (χ3v) is 9.09. The lowest BCUT2D eigenvalue weighted by Gasteiger charge is -2.27. The van der Waals surface area contributed by atoms with Gasteiger partial charge in [0.05, 0.1) is 11.4 Å². The van der Waals surface area contributed by atoms with Crippen LogP contribution in [-0.2, 0) is 0 Å². The molecule has 2 heteroatoms. The smallest absolute Gasteiger partial charge is 0.0539 e. The molecular formula is C46H36N2. The Balaban J connectivity index is 1.11. The maximum atomic E-state index is 2.38. The molecule has 0 N–H and O–H groups in total. The summed E-state index contributed by atoms with van der Waals surface area (Å²) in [6.45, 7) is 0. The number of hydrogen-bond donors (Lipinski definition) is 0. The molecule has 2 aliphatic carbocycles. The number of allylic oxidation sites excluding steroid dienone is 10. The fraction of sp³-hybridized carbons (Fsp3) is 0.0435. The van der Waals surface area contributed by atoms with E-state index >= 15 is 0 Å². The quantitative estimate of drug-likeness (QED) is 0.176. The highest BCUT2D eigenvalue weighted by molar-refractivity contribution is 5.98. The van der Waals surface area contributed by atoms with Gasteiger partial charge >= 0.3 is 0 Å². The van der Waals surface area contributed by atoms with Gasteiger partial charge in [0.1, 0.15) is 0 Å². The first kappa shape index (κ1) is 29.3. The molecule has 0 amide bonds. The highest BCUT2D eigenvalue weighted by atomic mass is 15.2. The summed E-state index contributed by atoms with van der Waals surface area (Å²) in [5, 5.41) is 4.94. The lowest BCUT2D eigenvalue weighted by Crippen LogP contribution is -2.15. The molecule has 2 aliphatic rings. The predicted octanol–water partition coefficient (Wildman–Crippen LogP) is 12.5. The maximum absolute atomic E-state index is 2.38. The SMILES string of the molecule is C1=CC(N(c2ccccc2)c2cccc3ccccc23)=CCC=C1C1=CCC=C(N(c2ccccc2)c2cccc3ccccc23)C=C1. The molecule has 0 bridgehead atoms. The van der Waals surface area contributed by atoms with Crippen molar-refractivity contribution in [3.63, 3.8) is 0 Å². The number of benzene rings is 6. The molecule has 0 aliphatic heterocycles. The summed E-state index contributed by atoms with van der Waals surface area (Å²) < 4.78 is 0. The van der Waals surface area contributed by atoms with Crippen molar-refractivity contribution in [3.8, 4) is 0 Å². The second-order valence-corrected chi connectivity index (χ2v) is 12.1. The standard InChI is InChI=1S/C46H36N2/c1-3-21-39(22-4-1)47(45-29-13-19-37-15-7-9-27-43(37)45)41-25-11-17-35(31-33-41)36-18-12-26-42(34-32-36)48(40-23-5-2-6-24-40)46-30-14-20-38-16-8-10-28-44(38)46/h1-10,13-34H,11-12H2. The normalized spacial score (nSPS) is 14.4. The van der Waals surface area contributed by atoms with Crippen molar-refractivity contribution in [1.29, 1.82) is 0 Å². The van der Waals surface area contributed by atoms with Gasteiger partial charge in [-0.25, -0.2) is 0 Å². The summed E-state index contributed by atoms with van der Waals surface area (Å²) in [5.74, 6) is 0. The number of rotatable bonds is 7. The number of hydrogen-bond acceptors (Lipinski definition) is 2. The van der Waals surface area contributed by atoms with Crippen LogP contribution in [0.5, 0.6) is 0 Å². The van der Waals surface area contributed by atoms with E-state index in [1.54, 1.807) is 0 Å². The van der Waals surface area contributed by atoms with Crippen LogP contribution in [0.25, 0.3) is 21.5 Å². The molecule has 0 unspecified atom stereocenters. The van der Waals surface area contributed by atoms with Crippen molar-refractivity contribution in [3.05, 3.63) is 217 Å². The van der Waals surface area contributed by atoms with E-state index in [-0.39, 0.29) is 0 Å². The summed E-state index contributed by atoms with van der Waals surface area (Å²) in [6, 6.07) is 51.7. The van der Waals surface area contributed by atoms with Crippen LogP contribution in [0.4, 0.5) is 22.7 Å². The molecule has 0 aromatic heterocycles. The van der Waals surface area contributed by atoms with Crippen molar-refractivity contribution in [1.82, 2.24) is 0 Å². The molecule has 0 fully saturated rings. The molecule has 6 aromatic rings. The highest BCUT2D eigenvalue weighted by Gasteiger charge is 2.19. The molecular weight excluding hydrogens is 581 g/mol. The Morgan fingerprint density at radius 3 is 1.19 bits per heavy atom. The van der Waals surface area contributed by atoms with Gasteiger partial charge in [-0.3, -0.25) is 0 Å². The van der Waals surface area contributed by atoms with E-state index in [0.717, 1.165) is 35.6 Å². The minimum absolute atomic E-state index is 0.837. The van der Waals surface area contributed by atoms with Crippen molar-refractivity contribution in [2.75, 3.05) is 9.80 Å². The van der Waals surface area contributed by atoms with Crippen molar-refractivity contribution in [2.24, 2.45) is 0 Å². The van der Waals surface area contributed by atoms with E-state index in [9.17, 15) is 0 Å². The van der Waals surface area contributed by atoms with Gasteiger partial charge in [-0.1, -0.05) is 146 Å². The number of anilines is 4. The zero-order chi connectivity index (χ0) is 32.1. The van der Waals surface area contributed by atoms with E-state index in [1.165, 1.54) is 44.1 Å². The summed E-state index contributed by atoms with van der Waals surface area (Å²) in [4.78, 5) is 4.77. The monoisotopic (exact) mass is 616 g/mol. The predicted molar refractivity (Wildman–Crippen MR) is 205 cm³/mol. The summed E-state index contributed by atoms with van der Waals surface area (Å²) in [5.41, 5.74) is 9.42. The van der Waals surface area contributed by atoms with E-state index < -0.39 is 0 Å². The van der Waals surface area contributed by atoms with Crippen LogP contribution in [0, 0.1) is 0 Å². The van der Waals surface area contributed by atoms with Crippen LogP contribution in [-0.4, -0.2) is 0 Å². The minimum atomic E-state index is 0.837. The van der Waals surface area contributed by atoms with Gasteiger partial charge in [0.2, 0.25) is 0 Å². The number of para-hydroxylation sites is 2. The average molecular weight is 617 g/mol. The zero-order valence-corrected chi connectivity index (χ0v) is 26.8. The molecule has 8 rings (SSSR count). The van der Waals surface area contributed by atoms with Gasteiger partial charge in [0.25, 0.3) is 0 Å². The average Bonchev–Trinajstić information content (AvgIpc) is 3.55. The second kappa shape index (κ2) is 13.3. The Morgan fingerprint density at radius 2 is 0.729 bits per heavy atom. The molecule has 230 valence electrons. The van der Waals surface area contributed by atoms with Crippen LogP contribution in [0.2, 0.25) is 0 Å². The van der Waals surface area contributed by atoms with Crippen molar-refractivity contribution >= 4 is 44.3 Å². The number of nitrogens with zero attached hydrogens (tertiary/aromatic N) is 2. The molecule has 0 radical (unpaired) electrons. The zero-order valence-electron chi connectivity index (χ0n) is 26.8. The van der Waals surface area contributed by atoms with E-state index in [0.29, 0.717) is 0 Å². The van der Waals surface area contributed by atoms with E-state index in [2.05, 4.69) is 204 Å². The highest BCUT2D eigenvalue weighted by Crippen LogP contribution is 2.39. The van der Waals surface area contributed by atoms with Gasteiger partial charge in [-0.2, -0.15) is 0 Å². The maximum Gasteiger partial charge on any atom is 0.0539 e. The fourth-order valence-electron chi connectivity index (χ4n) is 6.81. The van der Waals surface area contributed by atoms with Gasteiger partial charge in [0, 0.05) is 33.5 Å². The van der Waals surface area contributed by atoms with Crippen molar-refractivity contribution in [2.45, 2.75) is 12.8 Å². The van der Waals surface area contributed by atoms with E-state index in [4.69, 9.17) is 0 Å². The summed E-state index contributed by atoms with van der Waals surface area (Å²) in [6.07, 6.45) is 20.1. The Kier molecular flexibility index (Phi) is 8.13. The first-order valence-corrected chi connectivity index (χ1v) is 16.7. The lowest BCUT2D eigenvalue weighted by atomic mass is 10.0.